The zero-order valence-corrected chi connectivity index (χ0v) is 26.5. The first-order chi connectivity index (χ1) is 21.9. The molecule has 5 aromatic rings. The number of nitrogens with zero attached hydrogens (tertiary/aromatic N) is 6. The van der Waals surface area contributed by atoms with E-state index in [0.717, 1.165) is 41.7 Å². The number of rotatable bonds is 16. The summed E-state index contributed by atoms with van der Waals surface area (Å²) in [5.74, 6) is -0.461. The number of unbranched alkanes of at least 4 members (excludes halogenated alkanes) is 7. The van der Waals surface area contributed by atoms with E-state index >= 15 is 0 Å². The van der Waals surface area contributed by atoms with Crippen LogP contribution in [0.1, 0.15) is 91.0 Å². The molecule has 45 heavy (non-hydrogen) atoms. The predicted molar refractivity (Wildman–Crippen MR) is 179 cm³/mol. The van der Waals surface area contributed by atoms with Gasteiger partial charge in [0.15, 0.2) is 5.69 Å². The standard InChI is InChI=1S/C20H31N3.C15H15N5O2/c1-2-3-4-5-6-7-8-9-13-22-16-17-10-11-19-18(15-17)12-14-23-20(19)21;1-11-6-16-19(7-11)8-12-2-4-13(5-3-12)9-20-10-14(15(21)22)17-18-20/h10-12,14-15,22H,2-9,13,16H2,1H3,(H2,21,23);2-7,10H,8-9H2,1H3,(H,21,22). The van der Waals surface area contributed by atoms with Gasteiger partial charge in [0, 0.05) is 24.3 Å². The number of hydrogen-bond acceptors (Lipinski definition) is 7. The van der Waals surface area contributed by atoms with Gasteiger partial charge in [-0.25, -0.2) is 14.5 Å². The highest BCUT2D eigenvalue weighted by atomic mass is 16.4. The van der Waals surface area contributed by atoms with Crippen LogP contribution in [0.25, 0.3) is 10.8 Å². The first-order valence-corrected chi connectivity index (χ1v) is 16.0. The number of carbonyl (C=O) groups is 1. The van der Waals surface area contributed by atoms with Crippen molar-refractivity contribution in [2.75, 3.05) is 12.3 Å². The van der Waals surface area contributed by atoms with Crippen LogP contribution >= 0.6 is 0 Å². The van der Waals surface area contributed by atoms with Crippen molar-refractivity contribution in [3.05, 3.63) is 101 Å². The van der Waals surface area contributed by atoms with Crippen molar-refractivity contribution in [2.24, 2.45) is 0 Å². The van der Waals surface area contributed by atoms with Crippen LogP contribution in [0.2, 0.25) is 0 Å². The largest absolute Gasteiger partial charge is 0.476 e. The van der Waals surface area contributed by atoms with Crippen LogP contribution in [0.4, 0.5) is 5.82 Å². The first kappa shape index (κ1) is 33.3. The molecular formula is C35H46N8O2. The number of nitrogen functional groups attached to an aromatic ring is 1. The molecule has 0 radical (unpaired) electrons. The lowest BCUT2D eigenvalue weighted by Crippen LogP contribution is -2.14. The average Bonchev–Trinajstić information content (AvgIpc) is 3.68. The van der Waals surface area contributed by atoms with E-state index in [9.17, 15) is 4.79 Å². The molecule has 0 spiro atoms. The smallest absolute Gasteiger partial charge is 0.358 e. The van der Waals surface area contributed by atoms with Crippen LogP contribution in [0.15, 0.2) is 73.3 Å². The van der Waals surface area contributed by atoms with Crippen LogP contribution < -0.4 is 11.1 Å². The SMILES string of the molecule is CCCCCCCCCCNCc1ccc2c(N)nccc2c1.Cc1cnn(Cc2ccc(Cn3cc(C(=O)O)nn3)cc2)c1. The lowest BCUT2D eigenvalue weighted by atomic mass is 10.1. The minimum Gasteiger partial charge on any atom is -0.476 e. The molecule has 0 fully saturated rings. The molecular weight excluding hydrogens is 564 g/mol. The van der Waals surface area contributed by atoms with E-state index in [0.29, 0.717) is 12.4 Å². The van der Waals surface area contributed by atoms with Crippen molar-refractivity contribution in [1.82, 2.24) is 35.1 Å². The maximum Gasteiger partial charge on any atom is 0.358 e. The molecule has 0 amide bonds. The Morgan fingerprint density at radius 1 is 0.867 bits per heavy atom. The number of carboxylic acid groups (broad SMARTS) is 1. The van der Waals surface area contributed by atoms with Crippen LogP contribution in [0.5, 0.6) is 0 Å². The third-order valence-electron chi connectivity index (χ3n) is 7.63. The van der Waals surface area contributed by atoms with Gasteiger partial charge in [-0.3, -0.25) is 4.68 Å². The Morgan fingerprint density at radius 2 is 1.53 bits per heavy atom. The lowest BCUT2D eigenvalue weighted by molar-refractivity contribution is 0.0690. The van der Waals surface area contributed by atoms with Gasteiger partial charge in [-0.05, 0) is 59.7 Å². The molecule has 0 aliphatic rings. The summed E-state index contributed by atoms with van der Waals surface area (Å²) < 4.78 is 3.40. The van der Waals surface area contributed by atoms with Gasteiger partial charge in [-0.1, -0.05) is 93.5 Å². The van der Waals surface area contributed by atoms with E-state index in [-0.39, 0.29) is 5.69 Å². The van der Waals surface area contributed by atoms with Gasteiger partial charge in [-0.15, -0.1) is 5.10 Å². The van der Waals surface area contributed by atoms with Crippen LogP contribution in [0.3, 0.4) is 0 Å². The van der Waals surface area contributed by atoms with Crippen molar-refractivity contribution in [2.45, 2.75) is 84.8 Å². The molecule has 0 aliphatic carbocycles. The summed E-state index contributed by atoms with van der Waals surface area (Å²) in [7, 11) is 0. The number of carboxylic acids is 1. The van der Waals surface area contributed by atoms with Crippen molar-refractivity contribution in [3.8, 4) is 0 Å². The molecule has 3 aromatic heterocycles. The molecule has 238 valence electrons. The van der Waals surface area contributed by atoms with E-state index in [1.807, 2.05) is 54.3 Å². The van der Waals surface area contributed by atoms with E-state index in [1.165, 1.54) is 73.2 Å². The summed E-state index contributed by atoms with van der Waals surface area (Å²) in [4.78, 5) is 14.9. The number of aromatic carboxylic acids is 1. The second kappa shape index (κ2) is 17.7. The molecule has 10 nitrogen and oxygen atoms in total. The topological polar surface area (TPSA) is 137 Å². The van der Waals surface area contributed by atoms with E-state index in [2.05, 4.69) is 50.8 Å². The van der Waals surface area contributed by atoms with Gasteiger partial charge in [0.2, 0.25) is 0 Å². The number of nitrogens with one attached hydrogen (secondary N) is 1. The minimum atomic E-state index is -1.07. The molecule has 4 N–H and O–H groups in total. The molecule has 2 aromatic carbocycles. The fourth-order valence-electron chi connectivity index (χ4n) is 5.13. The molecule has 0 saturated carbocycles. The van der Waals surface area contributed by atoms with Gasteiger partial charge in [0.1, 0.15) is 5.82 Å². The number of pyridine rings is 1. The Hall–Kier alpha value is -4.57. The first-order valence-electron chi connectivity index (χ1n) is 16.0. The van der Waals surface area contributed by atoms with E-state index in [1.54, 1.807) is 6.20 Å². The number of hydrogen-bond donors (Lipinski definition) is 3. The fraction of sp³-hybridized carbons (Fsp3) is 0.400. The highest BCUT2D eigenvalue weighted by Gasteiger charge is 2.08. The van der Waals surface area contributed by atoms with Crippen LogP contribution in [-0.2, 0) is 19.6 Å². The van der Waals surface area contributed by atoms with Crippen LogP contribution in [-0.4, -0.2) is 47.4 Å². The van der Waals surface area contributed by atoms with E-state index in [4.69, 9.17) is 10.8 Å². The maximum absolute atomic E-state index is 10.8. The van der Waals surface area contributed by atoms with Crippen molar-refractivity contribution in [1.29, 1.82) is 0 Å². The highest BCUT2D eigenvalue weighted by Crippen LogP contribution is 2.20. The second-order valence-electron chi connectivity index (χ2n) is 11.5. The van der Waals surface area contributed by atoms with Gasteiger partial charge >= 0.3 is 5.97 Å². The third-order valence-corrected chi connectivity index (χ3v) is 7.63. The molecule has 0 atom stereocenters. The molecule has 5 rings (SSSR count). The van der Waals surface area contributed by atoms with Crippen molar-refractivity contribution >= 4 is 22.6 Å². The molecule has 0 bridgehead atoms. The Bertz CT molecular complexity index is 1610. The van der Waals surface area contributed by atoms with Crippen molar-refractivity contribution < 1.29 is 9.90 Å². The van der Waals surface area contributed by atoms with Gasteiger partial charge in [-0.2, -0.15) is 5.10 Å². The lowest BCUT2D eigenvalue weighted by Gasteiger charge is -2.07. The summed E-state index contributed by atoms with van der Waals surface area (Å²) in [5.41, 5.74) is 10.5. The Labute approximate surface area is 265 Å². The Balaban J connectivity index is 0.000000205. The van der Waals surface area contributed by atoms with Gasteiger partial charge < -0.3 is 16.2 Å². The Morgan fingerprint density at radius 3 is 2.18 bits per heavy atom. The number of nitrogens with two attached hydrogens (primary N) is 1. The van der Waals surface area contributed by atoms with Crippen LogP contribution in [0, 0.1) is 6.92 Å². The predicted octanol–water partition coefficient (Wildman–Crippen LogP) is 6.63. The molecule has 0 saturated heterocycles. The molecule has 0 unspecified atom stereocenters. The highest BCUT2D eigenvalue weighted by molar-refractivity contribution is 5.91. The zero-order chi connectivity index (χ0) is 31.9. The summed E-state index contributed by atoms with van der Waals surface area (Å²) in [6.45, 7) is 7.52. The summed E-state index contributed by atoms with van der Waals surface area (Å²) in [5, 5.41) is 26.2. The summed E-state index contributed by atoms with van der Waals surface area (Å²) >= 11 is 0. The summed E-state index contributed by atoms with van der Waals surface area (Å²) in [6.07, 6.45) is 18.0. The fourth-order valence-corrected chi connectivity index (χ4v) is 5.13. The monoisotopic (exact) mass is 610 g/mol. The number of fused-ring (bicyclic) bond motifs is 1. The number of aryl methyl sites for hydroxylation is 1. The van der Waals surface area contributed by atoms with Gasteiger partial charge in [0.05, 0.1) is 25.5 Å². The van der Waals surface area contributed by atoms with E-state index < -0.39 is 5.97 Å². The molecule has 10 heteroatoms. The second-order valence-corrected chi connectivity index (χ2v) is 11.5. The number of aromatic nitrogens is 6. The quantitative estimate of drug-likeness (QED) is 0.106. The Kier molecular flexibility index (Phi) is 13.1. The maximum atomic E-state index is 10.8. The molecule has 0 aliphatic heterocycles. The zero-order valence-electron chi connectivity index (χ0n) is 26.5. The van der Waals surface area contributed by atoms with Gasteiger partial charge in [0.25, 0.3) is 0 Å². The van der Waals surface area contributed by atoms with Crippen molar-refractivity contribution in [3.63, 3.8) is 0 Å². The normalized spacial score (nSPS) is 11.0. The average molecular weight is 611 g/mol. The summed E-state index contributed by atoms with van der Waals surface area (Å²) in [6, 6.07) is 16.5. The molecule has 3 heterocycles. The minimum absolute atomic E-state index is 0.0503. The number of benzene rings is 2. The number of anilines is 1. The third kappa shape index (κ3) is 11.1.